The van der Waals surface area contributed by atoms with Crippen LogP contribution in [0.5, 0.6) is 0 Å². The molecule has 0 aliphatic heterocycles. The molecule has 0 amide bonds. The topological polar surface area (TPSA) is 33.1 Å². The van der Waals surface area contributed by atoms with Gasteiger partial charge in [-0.25, -0.2) is 0 Å². The predicted octanol–water partition coefficient (Wildman–Crippen LogP) is 3.03. The first kappa shape index (κ1) is 11.8. The molecule has 2 heteroatoms. The van der Waals surface area contributed by atoms with Crippen LogP contribution >= 0.6 is 0 Å². The van der Waals surface area contributed by atoms with Crippen molar-refractivity contribution in [3.8, 4) is 0 Å². The summed E-state index contributed by atoms with van der Waals surface area (Å²) in [6.45, 7) is 4.10. The summed E-state index contributed by atoms with van der Waals surface area (Å²) in [5.41, 5.74) is 4.11. The number of aryl methyl sites for hydroxylation is 2. The highest BCUT2D eigenvalue weighted by Crippen LogP contribution is 2.24. The van der Waals surface area contributed by atoms with Gasteiger partial charge < -0.3 is 5.11 Å². The molecule has 0 saturated heterocycles. The molecule has 1 heterocycles. The van der Waals surface area contributed by atoms with Crippen LogP contribution in [0.2, 0.25) is 0 Å². The molecule has 1 N–H and O–H groups in total. The van der Waals surface area contributed by atoms with Crippen molar-refractivity contribution in [1.82, 2.24) is 4.98 Å². The van der Waals surface area contributed by atoms with E-state index in [0.717, 1.165) is 23.1 Å². The monoisotopic (exact) mass is 227 g/mol. The van der Waals surface area contributed by atoms with E-state index in [1.54, 1.807) is 12.4 Å². The van der Waals surface area contributed by atoms with E-state index in [9.17, 15) is 5.11 Å². The molecule has 1 atom stereocenters. The fraction of sp³-hybridized carbons (Fsp3) is 0.267. The second-order valence-corrected chi connectivity index (χ2v) is 4.23. The number of aliphatic hydroxyl groups excluding tert-OH is 1. The SMILES string of the molecule is CCc1cccc(C(O)c2cnccc2C)c1. The summed E-state index contributed by atoms with van der Waals surface area (Å²) in [6.07, 6.45) is 3.87. The summed E-state index contributed by atoms with van der Waals surface area (Å²) in [6, 6.07) is 9.99. The van der Waals surface area contributed by atoms with Crippen LogP contribution in [-0.2, 0) is 6.42 Å². The minimum Gasteiger partial charge on any atom is -0.384 e. The molecule has 17 heavy (non-hydrogen) atoms. The van der Waals surface area contributed by atoms with Crippen molar-refractivity contribution in [3.05, 3.63) is 65.0 Å². The van der Waals surface area contributed by atoms with E-state index >= 15 is 0 Å². The van der Waals surface area contributed by atoms with E-state index < -0.39 is 6.10 Å². The average molecular weight is 227 g/mol. The Morgan fingerprint density at radius 3 is 2.82 bits per heavy atom. The maximum Gasteiger partial charge on any atom is 0.106 e. The first-order valence-electron chi connectivity index (χ1n) is 5.89. The molecule has 1 aromatic heterocycles. The molecule has 0 saturated carbocycles. The summed E-state index contributed by atoms with van der Waals surface area (Å²) in [5, 5.41) is 10.4. The van der Waals surface area contributed by atoms with Crippen molar-refractivity contribution in [1.29, 1.82) is 0 Å². The third-order valence-corrected chi connectivity index (χ3v) is 3.05. The molecule has 2 aromatic rings. The van der Waals surface area contributed by atoms with Crippen molar-refractivity contribution in [2.75, 3.05) is 0 Å². The number of pyridine rings is 1. The van der Waals surface area contributed by atoms with Gasteiger partial charge in [0.25, 0.3) is 0 Å². The lowest BCUT2D eigenvalue weighted by Gasteiger charge is -2.14. The van der Waals surface area contributed by atoms with Gasteiger partial charge in [-0.3, -0.25) is 4.98 Å². The van der Waals surface area contributed by atoms with Gasteiger partial charge in [-0.1, -0.05) is 31.2 Å². The standard InChI is InChI=1S/C15H17NO/c1-3-12-5-4-6-13(9-12)15(17)14-10-16-8-7-11(14)2/h4-10,15,17H,3H2,1-2H3. The van der Waals surface area contributed by atoms with Gasteiger partial charge in [0.15, 0.2) is 0 Å². The zero-order chi connectivity index (χ0) is 12.3. The Labute approximate surface area is 102 Å². The van der Waals surface area contributed by atoms with Gasteiger partial charge in [0, 0.05) is 18.0 Å². The Balaban J connectivity index is 2.37. The number of benzene rings is 1. The Bertz CT molecular complexity index is 508. The summed E-state index contributed by atoms with van der Waals surface area (Å²) in [7, 11) is 0. The van der Waals surface area contributed by atoms with Crippen molar-refractivity contribution < 1.29 is 5.11 Å². The molecule has 0 fully saturated rings. The molecule has 0 aliphatic rings. The second kappa shape index (κ2) is 5.11. The van der Waals surface area contributed by atoms with Crippen molar-refractivity contribution in [2.24, 2.45) is 0 Å². The van der Waals surface area contributed by atoms with E-state index in [0.29, 0.717) is 0 Å². The van der Waals surface area contributed by atoms with Gasteiger partial charge in [0.05, 0.1) is 0 Å². The Morgan fingerprint density at radius 1 is 1.29 bits per heavy atom. The fourth-order valence-electron chi connectivity index (χ4n) is 1.93. The maximum absolute atomic E-state index is 10.4. The third kappa shape index (κ3) is 2.53. The molecule has 88 valence electrons. The highest BCUT2D eigenvalue weighted by atomic mass is 16.3. The largest absolute Gasteiger partial charge is 0.384 e. The fourth-order valence-corrected chi connectivity index (χ4v) is 1.93. The van der Waals surface area contributed by atoms with E-state index in [1.807, 2.05) is 25.1 Å². The van der Waals surface area contributed by atoms with Crippen LogP contribution in [0.3, 0.4) is 0 Å². The first-order chi connectivity index (χ1) is 8.22. The lowest BCUT2D eigenvalue weighted by atomic mass is 9.97. The first-order valence-corrected chi connectivity index (χ1v) is 5.89. The van der Waals surface area contributed by atoms with Crippen LogP contribution in [0.4, 0.5) is 0 Å². The molecular weight excluding hydrogens is 210 g/mol. The molecule has 2 nitrogen and oxygen atoms in total. The van der Waals surface area contributed by atoms with Crippen LogP contribution in [0.25, 0.3) is 0 Å². The van der Waals surface area contributed by atoms with Crippen molar-refractivity contribution in [3.63, 3.8) is 0 Å². The molecule has 1 unspecified atom stereocenters. The number of aliphatic hydroxyl groups is 1. The highest BCUT2D eigenvalue weighted by molar-refractivity contribution is 5.34. The minimum absolute atomic E-state index is 0.588. The van der Waals surface area contributed by atoms with Crippen LogP contribution < -0.4 is 0 Å². The van der Waals surface area contributed by atoms with Gasteiger partial charge in [-0.05, 0) is 36.1 Å². The zero-order valence-electron chi connectivity index (χ0n) is 10.2. The number of nitrogens with zero attached hydrogens (tertiary/aromatic N) is 1. The number of hydrogen-bond acceptors (Lipinski definition) is 2. The highest BCUT2D eigenvalue weighted by Gasteiger charge is 2.12. The second-order valence-electron chi connectivity index (χ2n) is 4.23. The smallest absolute Gasteiger partial charge is 0.106 e. The molecule has 0 radical (unpaired) electrons. The normalized spacial score (nSPS) is 12.4. The quantitative estimate of drug-likeness (QED) is 0.874. The van der Waals surface area contributed by atoms with E-state index in [-0.39, 0.29) is 0 Å². The lowest BCUT2D eigenvalue weighted by Crippen LogP contribution is -2.03. The van der Waals surface area contributed by atoms with E-state index in [4.69, 9.17) is 0 Å². The van der Waals surface area contributed by atoms with E-state index in [1.165, 1.54) is 5.56 Å². The number of hydrogen-bond donors (Lipinski definition) is 1. The third-order valence-electron chi connectivity index (χ3n) is 3.05. The minimum atomic E-state index is -0.588. The number of aromatic nitrogens is 1. The van der Waals surface area contributed by atoms with Crippen molar-refractivity contribution >= 4 is 0 Å². The van der Waals surface area contributed by atoms with Crippen LogP contribution in [-0.4, -0.2) is 10.1 Å². The Kier molecular flexibility index (Phi) is 3.55. The summed E-state index contributed by atoms with van der Waals surface area (Å²) >= 11 is 0. The molecule has 0 aliphatic carbocycles. The van der Waals surface area contributed by atoms with Crippen molar-refractivity contribution in [2.45, 2.75) is 26.4 Å². The molecule has 1 aromatic carbocycles. The Morgan fingerprint density at radius 2 is 2.12 bits per heavy atom. The van der Waals surface area contributed by atoms with E-state index in [2.05, 4.69) is 24.0 Å². The van der Waals surface area contributed by atoms with Crippen LogP contribution in [0.1, 0.15) is 35.3 Å². The summed E-state index contributed by atoms with van der Waals surface area (Å²) in [4.78, 5) is 4.07. The molecule has 2 rings (SSSR count). The summed E-state index contributed by atoms with van der Waals surface area (Å²) in [5.74, 6) is 0. The summed E-state index contributed by atoms with van der Waals surface area (Å²) < 4.78 is 0. The van der Waals surface area contributed by atoms with Gasteiger partial charge in [0.1, 0.15) is 6.10 Å². The predicted molar refractivity (Wildman–Crippen MR) is 68.9 cm³/mol. The van der Waals surface area contributed by atoms with Gasteiger partial charge in [-0.15, -0.1) is 0 Å². The Hall–Kier alpha value is -1.67. The van der Waals surface area contributed by atoms with Gasteiger partial charge in [-0.2, -0.15) is 0 Å². The van der Waals surface area contributed by atoms with Gasteiger partial charge >= 0.3 is 0 Å². The molecule has 0 spiro atoms. The maximum atomic E-state index is 10.4. The molecular formula is C15H17NO. The number of rotatable bonds is 3. The zero-order valence-corrected chi connectivity index (χ0v) is 10.2. The van der Waals surface area contributed by atoms with Crippen LogP contribution in [0, 0.1) is 6.92 Å². The average Bonchev–Trinajstić information content (AvgIpc) is 2.38. The molecule has 0 bridgehead atoms. The van der Waals surface area contributed by atoms with Crippen LogP contribution in [0.15, 0.2) is 42.7 Å². The lowest BCUT2D eigenvalue weighted by molar-refractivity contribution is 0.219. The van der Waals surface area contributed by atoms with Gasteiger partial charge in [0.2, 0.25) is 0 Å².